The number of nitrogens with zero attached hydrogens (tertiary/aromatic N) is 2. The van der Waals surface area contributed by atoms with E-state index in [4.69, 9.17) is 11.6 Å². The van der Waals surface area contributed by atoms with Gasteiger partial charge in [0.15, 0.2) is 0 Å². The molecule has 18 heavy (non-hydrogen) atoms. The van der Waals surface area contributed by atoms with Crippen LogP contribution >= 0.6 is 11.6 Å². The Morgan fingerprint density at radius 1 is 1.33 bits per heavy atom. The van der Waals surface area contributed by atoms with Gasteiger partial charge in [0.25, 0.3) is 0 Å². The molecule has 1 atom stereocenters. The Bertz CT molecular complexity index is 465. The average Bonchev–Trinajstić information content (AvgIpc) is 3.15. The van der Waals surface area contributed by atoms with Crippen molar-refractivity contribution in [1.29, 1.82) is 0 Å². The van der Waals surface area contributed by atoms with Crippen molar-refractivity contribution in [2.45, 2.75) is 37.6 Å². The minimum Gasteiger partial charge on any atom is -0.365 e. The van der Waals surface area contributed by atoms with Gasteiger partial charge in [0.1, 0.15) is 16.8 Å². The molecule has 0 aromatic carbocycles. The fourth-order valence-corrected chi connectivity index (χ4v) is 2.29. The monoisotopic (exact) mass is 266 g/mol. The molecule has 1 saturated heterocycles. The summed E-state index contributed by atoms with van der Waals surface area (Å²) in [7, 11) is 0. The molecule has 5 nitrogen and oxygen atoms in total. The van der Waals surface area contributed by atoms with Crippen LogP contribution in [0.4, 0.5) is 5.82 Å². The van der Waals surface area contributed by atoms with Gasteiger partial charge in [-0.25, -0.2) is 9.97 Å². The smallest absolute Gasteiger partial charge is 0.220 e. The van der Waals surface area contributed by atoms with Gasteiger partial charge < -0.3 is 10.6 Å². The maximum Gasteiger partial charge on any atom is 0.220 e. The molecule has 0 radical (unpaired) electrons. The predicted molar refractivity (Wildman–Crippen MR) is 68.7 cm³/mol. The zero-order valence-corrected chi connectivity index (χ0v) is 10.7. The van der Waals surface area contributed by atoms with Gasteiger partial charge in [-0.15, -0.1) is 0 Å². The molecule has 96 valence electrons. The lowest BCUT2D eigenvalue weighted by Gasteiger charge is -2.24. The van der Waals surface area contributed by atoms with Crippen LogP contribution in [-0.4, -0.2) is 28.5 Å². The third-order valence-corrected chi connectivity index (χ3v) is 3.47. The van der Waals surface area contributed by atoms with Crippen LogP contribution in [0.3, 0.4) is 0 Å². The fourth-order valence-electron chi connectivity index (χ4n) is 2.10. The number of halogens is 1. The average molecular weight is 267 g/mol. The largest absolute Gasteiger partial charge is 0.365 e. The van der Waals surface area contributed by atoms with Crippen molar-refractivity contribution in [2.24, 2.45) is 0 Å². The highest BCUT2D eigenvalue weighted by Crippen LogP contribution is 2.38. The van der Waals surface area contributed by atoms with Crippen LogP contribution in [0.5, 0.6) is 0 Å². The van der Waals surface area contributed by atoms with E-state index in [2.05, 4.69) is 20.6 Å². The van der Waals surface area contributed by atoms with Crippen LogP contribution in [0.1, 0.15) is 37.4 Å². The summed E-state index contributed by atoms with van der Waals surface area (Å²) < 4.78 is 0. The highest BCUT2D eigenvalue weighted by atomic mass is 35.5. The molecule has 0 spiro atoms. The molecule has 1 aromatic rings. The number of amides is 1. The summed E-state index contributed by atoms with van der Waals surface area (Å²) in [6.07, 6.45) is 3.69. The maximum absolute atomic E-state index is 11.1. The second-order valence-electron chi connectivity index (χ2n) is 4.89. The van der Waals surface area contributed by atoms with E-state index >= 15 is 0 Å². The molecule has 2 heterocycles. The number of nitrogens with one attached hydrogen (secondary N) is 2. The Morgan fingerprint density at radius 3 is 2.83 bits per heavy atom. The fraction of sp³-hybridized carbons (Fsp3) is 0.583. The lowest BCUT2D eigenvalue weighted by atomic mass is 10.1. The van der Waals surface area contributed by atoms with Gasteiger partial charge in [-0.05, 0) is 19.3 Å². The van der Waals surface area contributed by atoms with Gasteiger partial charge in [-0.2, -0.15) is 0 Å². The summed E-state index contributed by atoms with van der Waals surface area (Å²) in [5.74, 6) is 2.20. The van der Waals surface area contributed by atoms with Gasteiger partial charge in [0.05, 0.1) is 0 Å². The number of carbonyl (C=O) groups is 1. The molecule has 1 saturated carbocycles. The van der Waals surface area contributed by atoms with Crippen molar-refractivity contribution in [2.75, 3.05) is 11.9 Å². The number of hydrogen-bond acceptors (Lipinski definition) is 4. The number of hydrogen-bond donors (Lipinski definition) is 2. The van der Waals surface area contributed by atoms with Crippen molar-refractivity contribution in [1.82, 2.24) is 15.3 Å². The van der Waals surface area contributed by atoms with Crippen molar-refractivity contribution in [3.05, 3.63) is 17.0 Å². The predicted octanol–water partition coefficient (Wildman–Crippen LogP) is 1.70. The molecule has 1 aliphatic carbocycles. The quantitative estimate of drug-likeness (QED) is 0.817. The van der Waals surface area contributed by atoms with Crippen LogP contribution in [0.2, 0.25) is 5.15 Å². The van der Waals surface area contributed by atoms with Gasteiger partial charge in [-0.3, -0.25) is 4.79 Å². The van der Waals surface area contributed by atoms with Crippen molar-refractivity contribution >= 4 is 23.3 Å². The van der Waals surface area contributed by atoms with E-state index in [1.165, 1.54) is 0 Å². The first-order chi connectivity index (χ1) is 8.70. The second-order valence-corrected chi connectivity index (χ2v) is 5.28. The molecule has 1 unspecified atom stereocenters. The highest BCUT2D eigenvalue weighted by molar-refractivity contribution is 6.29. The first-order valence-electron chi connectivity index (χ1n) is 6.28. The van der Waals surface area contributed by atoms with E-state index in [9.17, 15) is 4.79 Å². The van der Waals surface area contributed by atoms with E-state index in [-0.39, 0.29) is 11.9 Å². The minimum atomic E-state index is 0.118. The first kappa shape index (κ1) is 11.7. The van der Waals surface area contributed by atoms with E-state index < -0.39 is 0 Å². The molecule has 1 aromatic heterocycles. The molecule has 2 fully saturated rings. The van der Waals surface area contributed by atoms with Gasteiger partial charge in [0, 0.05) is 31.0 Å². The van der Waals surface area contributed by atoms with Crippen molar-refractivity contribution in [3.63, 3.8) is 0 Å². The van der Waals surface area contributed by atoms with Crippen molar-refractivity contribution < 1.29 is 4.79 Å². The van der Waals surface area contributed by atoms with Gasteiger partial charge in [0.2, 0.25) is 5.91 Å². The minimum absolute atomic E-state index is 0.118. The number of rotatable bonds is 3. The standard InChI is InChI=1S/C12H15ClN4O/c13-9-5-10(17-12(16-9)7-1-2-7)15-8-3-4-11(18)14-6-8/h5,7-8H,1-4,6H2,(H,14,18)(H,15,16,17). The summed E-state index contributed by atoms with van der Waals surface area (Å²) in [6, 6.07) is 1.96. The Balaban J connectivity index is 1.69. The second kappa shape index (κ2) is 4.72. The molecule has 2 N–H and O–H groups in total. The molecule has 3 rings (SSSR count). The molecule has 1 amide bonds. The molecular weight excluding hydrogens is 252 g/mol. The third kappa shape index (κ3) is 2.72. The lowest BCUT2D eigenvalue weighted by molar-refractivity contribution is -0.122. The third-order valence-electron chi connectivity index (χ3n) is 3.27. The Morgan fingerprint density at radius 2 is 2.17 bits per heavy atom. The van der Waals surface area contributed by atoms with Crippen LogP contribution in [-0.2, 0) is 4.79 Å². The highest BCUT2D eigenvalue weighted by Gasteiger charge is 2.27. The lowest BCUT2D eigenvalue weighted by Crippen LogP contribution is -2.42. The van der Waals surface area contributed by atoms with Gasteiger partial charge in [-0.1, -0.05) is 11.6 Å². The van der Waals surface area contributed by atoms with Crippen LogP contribution in [0.25, 0.3) is 0 Å². The maximum atomic E-state index is 11.1. The number of piperidine rings is 1. The van der Waals surface area contributed by atoms with E-state index in [0.717, 1.165) is 30.9 Å². The van der Waals surface area contributed by atoms with Crippen LogP contribution in [0.15, 0.2) is 6.07 Å². The normalized spacial score (nSPS) is 23.6. The Labute approximate surface area is 110 Å². The van der Waals surface area contributed by atoms with E-state index in [1.807, 2.05) is 0 Å². The SMILES string of the molecule is O=C1CCC(Nc2cc(Cl)nc(C3CC3)n2)CN1. The summed E-state index contributed by atoms with van der Waals surface area (Å²) in [6.45, 7) is 0.638. The Kier molecular flexibility index (Phi) is 3.07. The summed E-state index contributed by atoms with van der Waals surface area (Å²) in [5, 5.41) is 6.63. The van der Waals surface area contributed by atoms with E-state index in [1.54, 1.807) is 6.07 Å². The molecular formula is C12H15ClN4O. The topological polar surface area (TPSA) is 66.9 Å². The van der Waals surface area contributed by atoms with E-state index in [0.29, 0.717) is 24.0 Å². The molecule has 0 bridgehead atoms. The number of aromatic nitrogens is 2. The summed E-state index contributed by atoms with van der Waals surface area (Å²) in [4.78, 5) is 19.8. The van der Waals surface area contributed by atoms with Crippen LogP contribution < -0.4 is 10.6 Å². The number of anilines is 1. The summed E-state index contributed by atoms with van der Waals surface area (Å²) >= 11 is 6.00. The summed E-state index contributed by atoms with van der Waals surface area (Å²) in [5.41, 5.74) is 0. The zero-order valence-electron chi connectivity index (χ0n) is 9.95. The number of carbonyl (C=O) groups excluding carboxylic acids is 1. The molecule has 1 aliphatic heterocycles. The first-order valence-corrected chi connectivity index (χ1v) is 6.66. The molecule has 2 aliphatic rings. The zero-order chi connectivity index (χ0) is 12.5. The van der Waals surface area contributed by atoms with Gasteiger partial charge >= 0.3 is 0 Å². The molecule has 6 heteroatoms. The van der Waals surface area contributed by atoms with Crippen LogP contribution in [0, 0.1) is 0 Å². The Hall–Kier alpha value is -1.36. The van der Waals surface area contributed by atoms with Crippen molar-refractivity contribution in [3.8, 4) is 0 Å².